The van der Waals surface area contributed by atoms with Gasteiger partial charge in [0.05, 0.1) is 5.92 Å². The summed E-state index contributed by atoms with van der Waals surface area (Å²) in [5, 5.41) is 15.3. The highest BCUT2D eigenvalue weighted by Gasteiger charge is 2.33. The second-order valence-electron chi connectivity index (χ2n) is 6.33. The van der Waals surface area contributed by atoms with Gasteiger partial charge in [-0.3, -0.25) is 4.79 Å². The second kappa shape index (κ2) is 7.64. The molecule has 2 fully saturated rings. The second-order valence-corrected chi connectivity index (χ2v) is 6.33. The minimum Gasteiger partial charge on any atom is -0.481 e. The first kappa shape index (κ1) is 16.1. The van der Waals surface area contributed by atoms with Crippen LogP contribution in [0.4, 0.5) is 4.79 Å². The van der Waals surface area contributed by atoms with Crippen molar-refractivity contribution in [3.05, 3.63) is 0 Å². The molecule has 2 aliphatic rings. The molecule has 2 rings (SSSR count). The van der Waals surface area contributed by atoms with Crippen LogP contribution in [-0.4, -0.2) is 55.2 Å². The van der Waals surface area contributed by atoms with Crippen LogP contribution in [0.3, 0.4) is 0 Å². The summed E-state index contributed by atoms with van der Waals surface area (Å²) in [6.07, 6.45) is 4.80. The van der Waals surface area contributed by atoms with Crippen LogP contribution in [0.5, 0.6) is 0 Å². The Bertz CT molecular complexity index is 373. The molecule has 0 aromatic heterocycles. The van der Waals surface area contributed by atoms with Gasteiger partial charge in [0.25, 0.3) is 0 Å². The standard InChI is InChI=1S/C15H27N3O3/c1-16-8-11-4-3-7-18(10-11)15(21)17-9-12-5-2-6-13(12)14(19)20/h11-13,16H,2-10H2,1H3,(H,17,21)(H,19,20). The molecule has 0 radical (unpaired) electrons. The third-order valence-electron chi connectivity index (χ3n) is 4.79. The van der Waals surface area contributed by atoms with Crippen molar-refractivity contribution in [2.24, 2.45) is 17.8 Å². The molecule has 1 saturated heterocycles. The molecular weight excluding hydrogens is 270 g/mol. The predicted octanol–water partition coefficient (Wildman–Crippen LogP) is 1.13. The molecular formula is C15H27N3O3. The summed E-state index contributed by atoms with van der Waals surface area (Å²) in [7, 11) is 1.94. The van der Waals surface area contributed by atoms with Crippen LogP contribution in [0.15, 0.2) is 0 Å². The lowest BCUT2D eigenvalue weighted by Crippen LogP contribution is -2.48. The highest BCUT2D eigenvalue weighted by atomic mass is 16.4. The fourth-order valence-corrected chi connectivity index (χ4v) is 3.64. The lowest BCUT2D eigenvalue weighted by Gasteiger charge is -2.33. The van der Waals surface area contributed by atoms with Crippen LogP contribution in [0, 0.1) is 17.8 Å². The summed E-state index contributed by atoms with van der Waals surface area (Å²) in [6, 6.07) is -0.0353. The first-order valence-corrected chi connectivity index (χ1v) is 8.02. The average Bonchev–Trinajstić information content (AvgIpc) is 2.94. The Morgan fingerprint density at radius 1 is 1.19 bits per heavy atom. The van der Waals surface area contributed by atoms with E-state index in [-0.39, 0.29) is 17.9 Å². The van der Waals surface area contributed by atoms with Crippen LogP contribution >= 0.6 is 0 Å². The molecule has 0 bridgehead atoms. The summed E-state index contributed by atoms with van der Waals surface area (Å²) in [5.74, 6) is -0.403. The largest absolute Gasteiger partial charge is 0.481 e. The number of rotatable bonds is 5. The zero-order valence-electron chi connectivity index (χ0n) is 12.8. The lowest BCUT2D eigenvalue weighted by molar-refractivity contribution is -0.142. The van der Waals surface area contributed by atoms with Crippen molar-refractivity contribution in [3.8, 4) is 0 Å². The molecule has 2 amide bonds. The number of carbonyl (C=O) groups excluding carboxylic acids is 1. The summed E-state index contributed by atoms with van der Waals surface area (Å²) in [5.41, 5.74) is 0. The summed E-state index contributed by atoms with van der Waals surface area (Å²) in [4.78, 5) is 25.2. The molecule has 1 heterocycles. The average molecular weight is 297 g/mol. The maximum Gasteiger partial charge on any atom is 0.317 e. The number of nitrogens with one attached hydrogen (secondary N) is 2. The van der Waals surface area contributed by atoms with Gasteiger partial charge in [0.1, 0.15) is 0 Å². The van der Waals surface area contributed by atoms with Crippen molar-refractivity contribution in [1.82, 2.24) is 15.5 Å². The molecule has 1 aliphatic heterocycles. The van der Waals surface area contributed by atoms with E-state index in [1.165, 1.54) is 0 Å². The Labute approximate surface area is 126 Å². The number of carboxylic acids is 1. The van der Waals surface area contributed by atoms with Gasteiger partial charge in [0.15, 0.2) is 0 Å². The van der Waals surface area contributed by atoms with E-state index < -0.39 is 5.97 Å². The molecule has 120 valence electrons. The highest BCUT2D eigenvalue weighted by Crippen LogP contribution is 2.31. The van der Waals surface area contributed by atoms with E-state index in [9.17, 15) is 9.59 Å². The minimum atomic E-state index is -0.723. The van der Waals surface area contributed by atoms with Gasteiger partial charge in [0.2, 0.25) is 0 Å². The van der Waals surface area contributed by atoms with Crippen LogP contribution in [0.1, 0.15) is 32.1 Å². The van der Waals surface area contributed by atoms with E-state index in [0.29, 0.717) is 12.5 Å². The number of likely N-dealkylation sites (tertiary alicyclic amines) is 1. The number of carbonyl (C=O) groups is 2. The third-order valence-corrected chi connectivity index (χ3v) is 4.79. The Kier molecular flexibility index (Phi) is 5.85. The highest BCUT2D eigenvalue weighted by molar-refractivity contribution is 5.74. The Morgan fingerprint density at radius 2 is 2.00 bits per heavy atom. The molecule has 21 heavy (non-hydrogen) atoms. The number of hydrogen-bond donors (Lipinski definition) is 3. The van der Waals surface area contributed by atoms with Crippen molar-refractivity contribution in [2.75, 3.05) is 33.2 Å². The zero-order valence-corrected chi connectivity index (χ0v) is 12.8. The number of piperidine rings is 1. The fourth-order valence-electron chi connectivity index (χ4n) is 3.64. The molecule has 0 spiro atoms. The summed E-state index contributed by atoms with van der Waals surface area (Å²) >= 11 is 0. The molecule has 1 aliphatic carbocycles. The number of hydrogen-bond acceptors (Lipinski definition) is 3. The Morgan fingerprint density at radius 3 is 2.71 bits per heavy atom. The van der Waals surface area contributed by atoms with Crippen molar-refractivity contribution in [2.45, 2.75) is 32.1 Å². The van der Waals surface area contributed by atoms with Crippen LogP contribution < -0.4 is 10.6 Å². The number of amides is 2. The van der Waals surface area contributed by atoms with Gasteiger partial charge in [-0.25, -0.2) is 4.79 Å². The number of nitrogens with zero attached hydrogens (tertiary/aromatic N) is 1. The van der Waals surface area contributed by atoms with E-state index in [1.807, 2.05) is 11.9 Å². The topological polar surface area (TPSA) is 81.7 Å². The molecule has 3 atom stereocenters. The normalized spacial score (nSPS) is 29.4. The molecule has 6 nitrogen and oxygen atoms in total. The zero-order chi connectivity index (χ0) is 15.2. The molecule has 1 saturated carbocycles. The molecule has 0 aromatic rings. The van der Waals surface area contributed by atoms with Crippen LogP contribution in [0.25, 0.3) is 0 Å². The van der Waals surface area contributed by atoms with Gasteiger partial charge in [-0.1, -0.05) is 6.42 Å². The maximum absolute atomic E-state index is 12.2. The number of urea groups is 1. The van der Waals surface area contributed by atoms with Crippen LogP contribution in [-0.2, 0) is 4.79 Å². The monoisotopic (exact) mass is 297 g/mol. The van der Waals surface area contributed by atoms with E-state index in [0.717, 1.165) is 51.7 Å². The first-order chi connectivity index (χ1) is 10.1. The quantitative estimate of drug-likeness (QED) is 0.710. The molecule has 6 heteroatoms. The van der Waals surface area contributed by atoms with Gasteiger partial charge in [-0.2, -0.15) is 0 Å². The third kappa shape index (κ3) is 4.33. The molecule has 3 unspecified atom stereocenters. The lowest BCUT2D eigenvalue weighted by atomic mass is 9.96. The smallest absolute Gasteiger partial charge is 0.317 e. The fraction of sp³-hybridized carbons (Fsp3) is 0.867. The van der Waals surface area contributed by atoms with Crippen molar-refractivity contribution in [3.63, 3.8) is 0 Å². The van der Waals surface area contributed by atoms with Gasteiger partial charge < -0.3 is 20.6 Å². The van der Waals surface area contributed by atoms with Gasteiger partial charge in [0, 0.05) is 19.6 Å². The van der Waals surface area contributed by atoms with E-state index in [2.05, 4.69) is 10.6 Å². The summed E-state index contributed by atoms with van der Waals surface area (Å²) in [6.45, 7) is 3.02. The van der Waals surface area contributed by atoms with Gasteiger partial charge in [-0.05, 0) is 51.1 Å². The van der Waals surface area contributed by atoms with Gasteiger partial charge in [-0.15, -0.1) is 0 Å². The predicted molar refractivity (Wildman–Crippen MR) is 80.1 cm³/mol. The molecule has 3 N–H and O–H groups in total. The van der Waals surface area contributed by atoms with Crippen molar-refractivity contribution in [1.29, 1.82) is 0 Å². The Balaban J connectivity index is 1.77. The maximum atomic E-state index is 12.2. The Hall–Kier alpha value is -1.30. The van der Waals surface area contributed by atoms with Crippen molar-refractivity contribution >= 4 is 12.0 Å². The molecule has 0 aromatic carbocycles. The van der Waals surface area contributed by atoms with E-state index in [1.54, 1.807) is 0 Å². The number of aliphatic carboxylic acids is 1. The van der Waals surface area contributed by atoms with E-state index >= 15 is 0 Å². The first-order valence-electron chi connectivity index (χ1n) is 8.02. The van der Waals surface area contributed by atoms with Crippen LogP contribution in [0.2, 0.25) is 0 Å². The van der Waals surface area contributed by atoms with Gasteiger partial charge >= 0.3 is 12.0 Å². The SMILES string of the molecule is CNCC1CCCN(C(=O)NCC2CCCC2C(=O)O)C1. The summed E-state index contributed by atoms with van der Waals surface area (Å²) < 4.78 is 0. The minimum absolute atomic E-state index is 0.0353. The number of carboxylic acid groups (broad SMARTS) is 1. The van der Waals surface area contributed by atoms with E-state index in [4.69, 9.17) is 5.11 Å². The van der Waals surface area contributed by atoms with Crippen molar-refractivity contribution < 1.29 is 14.7 Å².